The molecule has 0 aliphatic carbocycles. The molecule has 0 N–H and O–H groups in total. The van der Waals surface area contributed by atoms with Gasteiger partial charge in [-0.1, -0.05) is 66.7 Å². The molecule has 24 heteroatoms. The zero-order chi connectivity index (χ0) is 57.0. The van der Waals surface area contributed by atoms with Crippen LogP contribution in [0.5, 0.6) is 10.4 Å². The minimum atomic E-state index is -0.633. The van der Waals surface area contributed by atoms with Crippen LogP contribution in [0.2, 0.25) is 0 Å². The van der Waals surface area contributed by atoms with Crippen molar-refractivity contribution < 1.29 is 36.6 Å². The highest BCUT2D eigenvalue weighted by molar-refractivity contribution is 9.10. The van der Waals surface area contributed by atoms with Gasteiger partial charge in [-0.3, -0.25) is 0 Å². The van der Waals surface area contributed by atoms with Crippen LogP contribution in [0.4, 0.5) is 20.8 Å². The average molecular weight is 1230 g/mol. The Labute approximate surface area is 491 Å². The number of pyridine rings is 2. The quantitative estimate of drug-likeness (QED) is 0.0571. The maximum Gasteiger partial charge on any atom is 0.497 e. The van der Waals surface area contributed by atoms with E-state index < -0.39 is 18.3 Å². The maximum atomic E-state index is 14.6. The summed E-state index contributed by atoms with van der Waals surface area (Å²) in [4.78, 5) is 35.0. The number of thiazole rings is 2. The Balaban J connectivity index is 0.000000153. The zero-order valence-electron chi connectivity index (χ0n) is 47.2. The number of benzene rings is 2. The van der Waals surface area contributed by atoms with E-state index >= 15 is 0 Å². The van der Waals surface area contributed by atoms with E-state index in [1.165, 1.54) is 52.3 Å². The highest BCUT2D eigenvalue weighted by atomic mass is 79.9. The molecule has 0 radical (unpaired) electrons. The van der Waals surface area contributed by atoms with Gasteiger partial charge in [-0.05, 0) is 162 Å². The van der Waals surface area contributed by atoms with E-state index in [1.807, 2.05) is 76.6 Å². The number of nitrogens with zero attached hydrogens (tertiary/aromatic N) is 10. The Morgan fingerprint density at radius 1 is 0.613 bits per heavy atom. The summed E-state index contributed by atoms with van der Waals surface area (Å²) in [5.74, 6) is 2.35. The van der Waals surface area contributed by atoms with Crippen molar-refractivity contribution in [2.45, 2.75) is 140 Å². The minimum Gasteiger partial charge on any atom is -0.467 e. The molecule has 2 atom stereocenters. The summed E-state index contributed by atoms with van der Waals surface area (Å²) in [7, 11) is -0.633. The average Bonchev–Trinajstić information content (AvgIpc) is 4.36. The van der Waals surface area contributed by atoms with Crippen LogP contribution in [0.25, 0.3) is 32.0 Å². The van der Waals surface area contributed by atoms with Crippen molar-refractivity contribution in [2.24, 2.45) is 11.8 Å². The molecule has 2 aromatic carbocycles. The number of rotatable bonds is 14. The summed E-state index contributed by atoms with van der Waals surface area (Å²) in [5.41, 5.74) is 2.30. The highest BCUT2D eigenvalue weighted by Gasteiger charge is 2.52. The molecular weight excluding hydrogens is 1170 g/mol. The fourth-order valence-corrected chi connectivity index (χ4v) is 12.3. The van der Waals surface area contributed by atoms with Crippen molar-refractivity contribution in [3.63, 3.8) is 0 Å². The number of fused-ring (bicyclic) bond motifs is 2. The van der Waals surface area contributed by atoms with Crippen LogP contribution in [0.1, 0.15) is 118 Å². The maximum absolute atomic E-state index is 14.6. The van der Waals surface area contributed by atoms with Crippen LogP contribution >= 0.6 is 62.1 Å². The molecule has 0 spiro atoms. The van der Waals surface area contributed by atoms with Gasteiger partial charge in [0.1, 0.15) is 49.1 Å². The molecule has 0 amide bonds. The van der Waals surface area contributed by atoms with Gasteiger partial charge in [-0.2, -0.15) is 9.97 Å². The summed E-state index contributed by atoms with van der Waals surface area (Å²) in [6.07, 6.45) is 7.96. The lowest BCUT2D eigenvalue weighted by Gasteiger charge is -2.33. The third-order valence-electron chi connectivity index (χ3n) is 15.0. The Bertz CT molecular complexity index is 3350. The minimum absolute atomic E-state index is 0.0163. The van der Waals surface area contributed by atoms with Crippen molar-refractivity contribution >= 4 is 107 Å². The van der Waals surface area contributed by atoms with Gasteiger partial charge >= 0.3 is 19.1 Å². The van der Waals surface area contributed by atoms with Gasteiger partial charge in [-0.15, -0.1) is 23.5 Å². The lowest BCUT2D eigenvalue weighted by Crippen LogP contribution is -2.41. The van der Waals surface area contributed by atoms with Crippen LogP contribution in [0.15, 0.2) is 84.1 Å². The van der Waals surface area contributed by atoms with Crippen molar-refractivity contribution in [3.8, 4) is 21.6 Å². The van der Waals surface area contributed by atoms with Gasteiger partial charge in [0, 0.05) is 58.8 Å². The van der Waals surface area contributed by atoms with Gasteiger partial charge in [0.05, 0.1) is 16.9 Å². The number of piperidine rings is 2. The van der Waals surface area contributed by atoms with E-state index in [4.69, 9.17) is 27.8 Å². The molecule has 3 saturated heterocycles. The van der Waals surface area contributed by atoms with E-state index in [-0.39, 0.29) is 35.7 Å². The second kappa shape index (κ2) is 25.7. The lowest BCUT2D eigenvalue weighted by molar-refractivity contribution is 0.00578. The van der Waals surface area contributed by atoms with Gasteiger partial charge in [-0.25, -0.2) is 28.7 Å². The first-order valence-corrected chi connectivity index (χ1v) is 31.8. The van der Waals surface area contributed by atoms with Gasteiger partial charge < -0.3 is 37.6 Å². The van der Waals surface area contributed by atoms with Crippen LogP contribution in [-0.4, -0.2) is 109 Å². The number of thioether (sulfide) groups is 2. The normalized spacial score (nSPS) is 17.4. The molecule has 3 aliphatic heterocycles. The van der Waals surface area contributed by atoms with E-state index in [0.29, 0.717) is 51.0 Å². The Hall–Kier alpha value is -4.98. The molecule has 2 unspecified atom stereocenters. The molecule has 80 heavy (non-hydrogen) atoms. The molecule has 0 bridgehead atoms. The number of aromatic nitrogens is 8. The summed E-state index contributed by atoms with van der Waals surface area (Å²) in [6.45, 7) is 23.8. The van der Waals surface area contributed by atoms with E-state index in [9.17, 15) is 8.78 Å². The molecule has 3 aliphatic rings. The Morgan fingerprint density at radius 2 is 1.07 bits per heavy atom. The molecular formula is C56H68BBrF2N10O6S4. The van der Waals surface area contributed by atoms with Crippen LogP contribution in [-0.2, 0) is 9.31 Å². The number of anilines is 2. The molecule has 9 heterocycles. The predicted molar refractivity (Wildman–Crippen MR) is 320 cm³/mol. The van der Waals surface area contributed by atoms with Crippen molar-refractivity contribution in [2.75, 3.05) is 48.5 Å². The van der Waals surface area contributed by atoms with Crippen molar-refractivity contribution in [3.05, 3.63) is 88.6 Å². The number of ether oxygens (including phenoxy) is 2. The molecule has 8 aromatic rings. The first-order valence-electron chi connectivity index (χ1n) is 26.9. The summed E-state index contributed by atoms with van der Waals surface area (Å²) in [6, 6.07) is 19.1. The third-order valence-corrected chi connectivity index (χ3v) is 18.6. The summed E-state index contributed by atoms with van der Waals surface area (Å²) >= 11 is 9.31. The standard InChI is InChI=1S/C25H28FN5O2S2.C18H22BrN5O2S.C13H18BFO2S/c1-14(2)22-29-24(33-30-22)31-11-9-16(10-12-31)15(3)32-25-28-21-8-7-20(27-23(21)35-25)18-6-5-17(34-4)13-19(18)26;1-10(2)15-22-17(26-23-15)24-8-6-12(7-9-24)11(3)25-18-20-13-4-5-14(19)21-16(13)27-18;1-12(2)13(3,4)17-14(16-12)10-7-6-9(18-5)8-11(10)15/h5-8,13-16H,9-12H2,1-4H3;4-5,10-12H,6-9H2,1-3H3;6-8H,1-5H3. The van der Waals surface area contributed by atoms with Crippen molar-refractivity contribution in [1.82, 2.24) is 40.2 Å². The first kappa shape index (κ1) is 59.6. The second-order valence-electron chi connectivity index (χ2n) is 21.7. The largest absolute Gasteiger partial charge is 0.497 e. The second-order valence-corrected chi connectivity index (χ2v) is 26.2. The number of hydrogen-bond donors (Lipinski definition) is 0. The van der Waals surface area contributed by atoms with Gasteiger partial charge in [0.25, 0.3) is 10.4 Å². The molecule has 6 aromatic heterocycles. The molecule has 11 rings (SSSR count). The SMILES string of the molecule is CC(C)c1noc(N2CCC(C(C)Oc3nc4ccc(Br)nc4s3)CC2)n1.CSc1ccc(-c2ccc3nc(OC(C)C4CCN(c5nc(C(C)C)no5)CC4)sc3n2)c(F)c1.CSc1ccc(B2OC(C)(C)C(C)(C)O2)c(F)c1. The van der Waals surface area contributed by atoms with Crippen LogP contribution in [0, 0.1) is 23.5 Å². The summed E-state index contributed by atoms with van der Waals surface area (Å²) < 4.78 is 64.3. The van der Waals surface area contributed by atoms with E-state index in [1.54, 1.807) is 18.2 Å². The lowest BCUT2D eigenvalue weighted by atomic mass is 9.79. The summed E-state index contributed by atoms with van der Waals surface area (Å²) in [5, 5.41) is 9.41. The first-order chi connectivity index (χ1) is 38.2. The highest BCUT2D eigenvalue weighted by Crippen LogP contribution is 2.38. The molecule has 426 valence electrons. The van der Waals surface area contributed by atoms with E-state index in [0.717, 1.165) is 98.6 Å². The monoisotopic (exact) mass is 1230 g/mol. The van der Waals surface area contributed by atoms with Crippen LogP contribution < -0.4 is 24.7 Å². The van der Waals surface area contributed by atoms with Crippen molar-refractivity contribution in [1.29, 1.82) is 0 Å². The topological polar surface area (TPSA) is 173 Å². The zero-order valence-corrected chi connectivity index (χ0v) is 52.0. The van der Waals surface area contributed by atoms with Gasteiger partial charge in [0.2, 0.25) is 0 Å². The fraction of sp³-hybridized carbons (Fsp3) is 0.500. The molecule has 0 saturated carbocycles. The Morgan fingerprint density at radius 3 is 1.52 bits per heavy atom. The number of halogens is 3. The predicted octanol–water partition coefficient (Wildman–Crippen LogP) is 13.9. The third kappa shape index (κ3) is 14.1. The fourth-order valence-electron chi connectivity index (χ4n) is 9.26. The van der Waals surface area contributed by atoms with Crippen LogP contribution in [0.3, 0.4) is 0 Å². The Kier molecular flexibility index (Phi) is 19.1. The van der Waals surface area contributed by atoms with E-state index in [2.05, 4.69) is 107 Å². The molecule has 16 nitrogen and oxygen atoms in total. The number of hydrogen-bond acceptors (Lipinski definition) is 20. The smallest absolute Gasteiger partial charge is 0.467 e. The van der Waals surface area contributed by atoms with Gasteiger partial charge in [0.15, 0.2) is 11.6 Å². The molecule has 3 fully saturated rings.